The molecule has 0 spiro atoms. The Balaban J connectivity index is 1.98. The van der Waals surface area contributed by atoms with Gasteiger partial charge in [0.1, 0.15) is 0 Å². The number of rotatable bonds is 3. The van der Waals surface area contributed by atoms with Gasteiger partial charge in [-0.3, -0.25) is 0 Å². The summed E-state index contributed by atoms with van der Waals surface area (Å²) in [5, 5.41) is 3.79. The van der Waals surface area contributed by atoms with Gasteiger partial charge in [-0.15, -0.1) is 0 Å². The van der Waals surface area contributed by atoms with Crippen LogP contribution in [-0.2, 0) is 6.54 Å². The molecule has 1 nitrogen and oxygen atoms in total. The van der Waals surface area contributed by atoms with E-state index in [1.54, 1.807) is 0 Å². The molecule has 1 saturated carbocycles. The molecular formula is C17H27N. The lowest BCUT2D eigenvalue weighted by molar-refractivity contribution is 0.166. The Morgan fingerprint density at radius 3 is 2.67 bits per heavy atom. The smallest absolute Gasteiger partial charge is 0.0210 e. The maximum absolute atomic E-state index is 3.79. The summed E-state index contributed by atoms with van der Waals surface area (Å²) < 4.78 is 0. The predicted octanol–water partition coefficient (Wildman–Crippen LogP) is 4.36. The molecule has 100 valence electrons. The standard InChI is InChI=1S/C17H27N/c1-13-8-9-15(14(2)11-13)12-18-16-7-5-6-10-17(16,3)4/h8-9,11,16,18H,5-7,10,12H2,1-4H3. The lowest BCUT2D eigenvalue weighted by Crippen LogP contribution is -2.43. The molecule has 1 atom stereocenters. The van der Waals surface area contributed by atoms with Crippen molar-refractivity contribution in [3.8, 4) is 0 Å². The van der Waals surface area contributed by atoms with Gasteiger partial charge in [-0.2, -0.15) is 0 Å². The van der Waals surface area contributed by atoms with E-state index in [2.05, 4.69) is 51.2 Å². The summed E-state index contributed by atoms with van der Waals surface area (Å²) in [7, 11) is 0. The van der Waals surface area contributed by atoms with Crippen molar-refractivity contribution >= 4 is 0 Å². The van der Waals surface area contributed by atoms with E-state index in [-0.39, 0.29) is 0 Å². The van der Waals surface area contributed by atoms with Gasteiger partial charge >= 0.3 is 0 Å². The van der Waals surface area contributed by atoms with Crippen molar-refractivity contribution in [2.45, 2.75) is 66.0 Å². The van der Waals surface area contributed by atoms with Crippen LogP contribution in [0.3, 0.4) is 0 Å². The quantitative estimate of drug-likeness (QED) is 0.834. The molecule has 0 heterocycles. The topological polar surface area (TPSA) is 12.0 Å². The Kier molecular flexibility index (Phi) is 4.11. The lowest BCUT2D eigenvalue weighted by Gasteiger charge is -2.39. The zero-order valence-corrected chi connectivity index (χ0v) is 12.3. The first-order valence-electron chi connectivity index (χ1n) is 7.28. The SMILES string of the molecule is Cc1ccc(CNC2CCCCC2(C)C)c(C)c1. The third kappa shape index (κ3) is 3.14. The summed E-state index contributed by atoms with van der Waals surface area (Å²) in [6.07, 6.45) is 5.47. The van der Waals surface area contributed by atoms with E-state index in [0.717, 1.165) is 6.54 Å². The minimum atomic E-state index is 0.455. The van der Waals surface area contributed by atoms with Crippen molar-refractivity contribution in [1.82, 2.24) is 5.32 Å². The Morgan fingerprint density at radius 1 is 1.22 bits per heavy atom. The van der Waals surface area contributed by atoms with Crippen molar-refractivity contribution in [3.63, 3.8) is 0 Å². The molecule has 1 aromatic rings. The molecule has 1 aliphatic carbocycles. The van der Waals surface area contributed by atoms with E-state index in [0.29, 0.717) is 11.5 Å². The maximum Gasteiger partial charge on any atom is 0.0210 e. The number of hydrogen-bond donors (Lipinski definition) is 1. The van der Waals surface area contributed by atoms with Crippen LogP contribution >= 0.6 is 0 Å². The molecule has 0 saturated heterocycles. The normalized spacial score (nSPS) is 23.0. The number of nitrogens with one attached hydrogen (secondary N) is 1. The second-order valence-corrected chi connectivity index (χ2v) is 6.60. The Bertz CT molecular complexity index is 406. The van der Waals surface area contributed by atoms with Crippen LogP contribution in [0.2, 0.25) is 0 Å². The zero-order chi connectivity index (χ0) is 13.2. The highest BCUT2D eigenvalue weighted by Crippen LogP contribution is 2.35. The Labute approximate surface area is 112 Å². The van der Waals surface area contributed by atoms with E-state index >= 15 is 0 Å². The molecule has 0 amide bonds. The Morgan fingerprint density at radius 2 is 2.00 bits per heavy atom. The van der Waals surface area contributed by atoms with Crippen LogP contribution in [0.25, 0.3) is 0 Å². The second kappa shape index (κ2) is 5.44. The van der Waals surface area contributed by atoms with Gasteiger partial charge in [-0.25, -0.2) is 0 Å². The molecule has 1 heteroatoms. The maximum atomic E-state index is 3.79. The summed E-state index contributed by atoms with van der Waals surface area (Å²) in [6.45, 7) is 10.2. The Hall–Kier alpha value is -0.820. The fourth-order valence-electron chi connectivity index (χ4n) is 3.15. The number of aryl methyl sites for hydroxylation is 2. The lowest BCUT2D eigenvalue weighted by atomic mass is 9.73. The number of hydrogen-bond acceptors (Lipinski definition) is 1. The summed E-state index contributed by atoms with van der Waals surface area (Å²) >= 11 is 0. The molecule has 0 aliphatic heterocycles. The van der Waals surface area contributed by atoms with Crippen molar-refractivity contribution in [3.05, 3.63) is 34.9 Å². The van der Waals surface area contributed by atoms with Crippen LogP contribution in [0.5, 0.6) is 0 Å². The zero-order valence-electron chi connectivity index (χ0n) is 12.3. The van der Waals surface area contributed by atoms with Crippen LogP contribution in [0.4, 0.5) is 0 Å². The molecule has 1 aliphatic rings. The van der Waals surface area contributed by atoms with Gasteiger partial charge in [0.15, 0.2) is 0 Å². The number of benzene rings is 1. The molecule has 1 fully saturated rings. The minimum absolute atomic E-state index is 0.455. The van der Waals surface area contributed by atoms with Gasteiger partial charge in [-0.1, -0.05) is 50.5 Å². The van der Waals surface area contributed by atoms with E-state index in [4.69, 9.17) is 0 Å². The van der Waals surface area contributed by atoms with E-state index in [1.165, 1.54) is 42.4 Å². The molecule has 1 unspecified atom stereocenters. The molecule has 0 aromatic heterocycles. The molecule has 1 N–H and O–H groups in total. The fourth-order valence-corrected chi connectivity index (χ4v) is 3.15. The van der Waals surface area contributed by atoms with Gasteiger partial charge in [0.05, 0.1) is 0 Å². The monoisotopic (exact) mass is 245 g/mol. The average molecular weight is 245 g/mol. The highest BCUT2D eigenvalue weighted by Gasteiger charge is 2.31. The van der Waals surface area contributed by atoms with Crippen LogP contribution in [0.1, 0.15) is 56.2 Å². The largest absolute Gasteiger partial charge is 0.309 e. The van der Waals surface area contributed by atoms with Gasteiger partial charge in [0.25, 0.3) is 0 Å². The van der Waals surface area contributed by atoms with Crippen LogP contribution in [0.15, 0.2) is 18.2 Å². The molecule has 18 heavy (non-hydrogen) atoms. The van der Waals surface area contributed by atoms with Gasteiger partial charge in [0.2, 0.25) is 0 Å². The second-order valence-electron chi connectivity index (χ2n) is 6.60. The first kappa shape index (κ1) is 13.6. The summed E-state index contributed by atoms with van der Waals surface area (Å²) in [6, 6.07) is 7.44. The van der Waals surface area contributed by atoms with E-state index in [9.17, 15) is 0 Å². The predicted molar refractivity (Wildman–Crippen MR) is 78.8 cm³/mol. The molecule has 0 bridgehead atoms. The molecule has 2 rings (SSSR count). The molecular weight excluding hydrogens is 218 g/mol. The highest BCUT2D eigenvalue weighted by molar-refractivity contribution is 5.30. The van der Waals surface area contributed by atoms with Gasteiger partial charge < -0.3 is 5.32 Å². The molecule has 0 radical (unpaired) electrons. The summed E-state index contributed by atoms with van der Waals surface area (Å²) in [4.78, 5) is 0. The summed E-state index contributed by atoms with van der Waals surface area (Å²) in [5.41, 5.74) is 4.67. The van der Waals surface area contributed by atoms with Crippen molar-refractivity contribution in [1.29, 1.82) is 0 Å². The molecule has 1 aromatic carbocycles. The van der Waals surface area contributed by atoms with Gasteiger partial charge in [0, 0.05) is 12.6 Å². The highest BCUT2D eigenvalue weighted by atomic mass is 14.9. The van der Waals surface area contributed by atoms with Gasteiger partial charge in [-0.05, 0) is 43.2 Å². The van der Waals surface area contributed by atoms with Crippen molar-refractivity contribution in [2.75, 3.05) is 0 Å². The first-order chi connectivity index (χ1) is 8.49. The third-order valence-corrected chi connectivity index (χ3v) is 4.54. The van der Waals surface area contributed by atoms with E-state index in [1.807, 2.05) is 0 Å². The minimum Gasteiger partial charge on any atom is -0.309 e. The summed E-state index contributed by atoms with van der Waals surface area (Å²) in [5.74, 6) is 0. The van der Waals surface area contributed by atoms with Crippen LogP contribution in [-0.4, -0.2) is 6.04 Å². The van der Waals surface area contributed by atoms with Crippen LogP contribution < -0.4 is 5.32 Å². The van der Waals surface area contributed by atoms with Crippen molar-refractivity contribution < 1.29 is 0 Å². The average Bonchev–Trinajstić information content (AvgIpc) is 2.29. The van der Waals surface area contributed by atoms with Crippen LogP contribution in [0, 0.1) is 19.3 Å². The van der Waals surface area contributed by atoms with Crippen molar-refractivity contribution in [2.24, 2.45) is 5.41 Å². The fraction of sp³-hybridized carbons (Fsp3) is 0.647. The first-order valence-corrected chi connectivity index (χ1v) is 7.28. The third-order valence-electron chi connectivity index (χ3n) is 4.54. The van der Waals surface area contributed by atoms with E-state index < -0.39 is 0 Å².